The first-order chi connectivity index (χ1) is 5.99. The first kappa shape index (κ1) is 9.63. The normalized spacial score (nSPS) is 11.3. The molecule has 0 saturated heterocycles. The maximum atomic E-state index is 12.2. The van der Waals surface area contributed by atoms with Crippen molar-refractivity contribution in [3.05, 3.63) is 18.7 Å². The van der Waals surface area contributed by atoms with Crippen molar-refractivity contribution in [2.45, 2.75) is 12.8 Å². The second-order valence-electron chi connectivity index (χ2n) is 2.59. The van der Waals surface area contributed by atoms with Crippen molar-refractivity contribution in [3.8, 4) is 0 Å². The average Bonchev–Trinajstić information content (AvgIpc) is 2.50. The molecule has 0 atom stereocenters. The van der Waals surface area contributed by atoms with E-state index in [4.69, 9.17) is 0 Å². The summed E-state index contributed by atoms with van der Waals surface area (Å²) in [6.07, 6.45) is 2.98. The molecule has 0 aromatic carbocycles. The van der Waals surface area contributed by atoms with E-state index in [1.54, 1.807) is 0 Å². The minimum atomic E-state index is -3.00. The molecule has 0 aliphatic rings. The van der Waals surface area contributed by atoms with Crippen LogP contribution in [-0.4, -0.2) is 28.2 Å². The van der Waals surface area contributed by atoms with E-state index in [-0.39, 0.29) is 0 Å². The lowest BCUT2D eigenvalue weighted by atomic mass is 10.4. The van der Waals surface area contributed by atoms with E-state index in [0.717, 1.165) is 4.57 Å². The van der Waals surface area contributed by atoms with Crippen LogP contribution in [0.2, 0.25) is 0 Å². The summed E-state index contributed by atoms with van der Waals surface area (Å²) in [5, 5.41) is 0. The summed E-state index contributed by atoms with van der Waals surface area (Å²) in [6, 6.07) is 0. The number of ether oxygens (including phenoxy) is 1. The van der Waals surface area contributed by atoms with Gasteiger partial charge in [0.1, 0.15) is 6.33 Å². The van der Waals surface area contributed by atoms with Gasteiger partial charge in [-0.25, -0.2) is 23.1 Å². The zero-order chi connectivity index (χ0) is 9.90. The monoisotopic (exact) mass is 190 g/mol. The van der Waals surface area contributed by atoms with Gasteiger partial charge < -0.3 is 4.74 Å². The molecule has 0 unspecified atom stereocenters. The summed E-state index contributed by atoms with van der Waals surface area (Å²) in [4.78, 5) is 14.5. The number of hydrogen-bond donors (Lipinski definition) is 0. The predicted molar refractivity (Wildman–Crippen MR) is 39.6 cm³/mol. The van der Waals surface area contributed by atoms with Crippen LogP contribution in [0.15, 0.2) is 18.7 Å². The Balaban J connectivity index is 2.44. The molecule has 0 spiro atoms. The average molecular weight is 190 g/mol. The molecule has 1 rings (SSSR count). The number of halogens is 2. The van der Waals surface area contributed by atoms with Gasteiger partial charge in [0.2, 0.25) is 0 Å². The van der Waals surface area contributed by atoms with Crippen LogP contribution in [0.3, 0.4) is 0 Å². The smallest absolute Gasteiger partial charge is 0.419 e. The maximum Gasteiger partial charge on any atom is 0.419 e. The predicted octanol–water partition coefficient (Wildman–Crippen LogP) is 1.52. The number of aromatic nitrogens is 2. The quantitative estimate of drug-likeness (QED) is 0.710. The van der Waals surface area contributed by atoms with E-state index in [1.165, 1.54) is 18.7 Å². The molecular weight excluding hydrogens is 182 g/mol. The molecular formula is C7H8F2N2O2. The summed E-state index contributed by atoms with van der Waals surface area (Å²) in [6.45, 7) is -0.252. The van der Waals surface area contributed by atoms with Gasteiger partial charge in [-0.2, -0.15) is 0 Å². The SMILES string of the molecule is CC(F)(F)COC(=O)n1ccnc1. The van der Waals surface area contributed by atoms with E-state index in [0.29, 0.717) is 6.92 Å². The second-order valence-corrected chi connectivity index (χ2v) is 2.59. The van der Waals surface area contributed by atoms with Gasteiger partial charge in [0, 0.05) is 19.3 Å². The summed E-state index contributed by atoms with van der Waals surface area (Å²) in [5.41, 5.74) is 0. The van der Waals surface area contributed by atoms with Crippen molar-refractivity contribution in [3.63, 3.8) is 0 Å². The van der Waals surface area contributed by atoms with E-state index in [9.17, 15) is 13.6 Å². The third kappa shape index (κ3) is 3.18. The number of nitrogens with zero attached hydrogens (tertiary/aromatic N) is 2. The standard InChI is InChI=1S/C7H8F2N2O2/c1-7(8,9)4-13-6(12)11-3-2-10-5-11/h2-3,5H,4H2,1H3. The van der Waals surface area contributed by atoms with Crippen LogP contribution in [0.4, 0.5) is 13.6 Å². The highest BCUT2D eigenvalue weighted by molar-refractivity contribution is 5.69. The van der Waals surface area contributed by atoms with Crippen LogP contribution < -0.4 is 0 Å². The van der Waals surface area contributed by atoms with Gasteiger partial charge >= 0.3 is 6.09 Å². The Kier molecular flexibility index (Phi) is 2.60. The molecule has 0 amide bonds. The van der Waals surface area contributed by atoms with Crippen molar-refractivity contribution < 1.29 is 18.3 Å². The topological polar surface area (TPSA) is 44.1 Å². The number of carbonyl (C=O) groups is 1. The fourth-order valence-corrected chi connectivity index (χ4v) is 0.630. The first-order valence-electron chi connectivity index (χ1n) is 3.52. The zero-order valence-electron chi connectivity index (χ0n) is 6.91. The van der Waals surface area contributed by atoms with Gasteiger partial charge in [0.15, 0.2) is 6.61 Å². The van der Waals surface area contributed by atoms with Gasteiger partial charge in [-0.3, -0.25) is 0 Å². The molecule has 0 aliphatic heterocycles. The molecule has 0 N–H and O–H groups in total. The number of carbonyl (C=O) groups excluding carboxylic acids is 1. The summed E-state index contributed by atoms with van der Waals surface area (Å²) >= 11 is 0. The Labute approximate surface area is 73.1 Å². The molecule has 0 fully saturated rings. The molecule has 6 heteroatoms. The Morgan fingerprint density at radius 3 is 2.85 bits per heavy atom. The van der Waals surface area contributed by atoms with Gasteiger partial charge in [-0.05, 0) is 0 Å². The first-order valence-corrected chi connectivity index (χ1v) is 3.52. The molecule has 1 aromatic rings. The molecule has 13 heavy (non-hydrogen) atoms. The number of imidazole rings is 1. The summed E-state index contributed by atoms with van der Waals surface area (Å²) in [5.74, 6) is -3.00. The fraction of sp³-hybridized carbons (Fsp3) is 0.429. The third-order valence-electron chi connectivity index (χ3n) is 1.16. The van der Waals surface area contributed by atoms with Crippen molar-refractivity contribution in [1.29, 1.82) is 0 Å². The van der Waals surface area contributed by atoms with E-state index in [1.807, 2.05) is 0 Å². The maximum absolute atomic E-state index is 12.2. The lowest BCUT2D eigenvalue weighted by Crippen LogP contribution is -2.23. The number of hydrogen-bond acceptors (Lipinski definition) is 3. The van der Waals surface area contributed by atoms with Crippen molar-refractivity contribution in [1.82, 2.24) is 9.55 Å². The highest BCUT2D eigenvalue weighted by Crippen LogP contribution is 2.11. The minimum absolute atomic E-state index is 0.675. The molecule has 0 saturated carbocycles. The molecule has 0 bridgehead atoms. The second kappa shape index (κ2) is 3.51. The molecule has 1 aromatic heterocycles. The van der Waals surface area contributed by atoms with Crippen LogP contribution in [0, 0.1) is 0 Å². The van der Waals surface area contributed by atoms with E-state index in [2.05, 4.69) is 9.72 Å². The third-order valence-corrected chi connectivity index (χ3v) is 1.16. The molecule has 0 radical (unpaired) electrons. The van der Waals surface area contributed by atoms with Crippen molar-refractivity contribution >= 4 is 6.09 Å². The summed E-state index contributed by atoms with van der Waals surface area (Å²) < 4.78 is 29.7. The van der Waals surface area contributed by atoms with Crippen LogP contribution >= 0.6 is 0 Å². The van der Waals surface area contributed by atoms with Crippen LogP contribution in [-0.2, 0) is 4.74 Å². The summed E-state index contributed by atoms with van der Waals surface area (Å²) in [7, 11) is 0. The van der Waals surface area contributed by atoms with Gasteiger partial charge in [0.25, 0.3) is 5.92 Å². The lowest BCUT2D eigenvalue weighted by Gasteiger charge is -2.10. The Morgan fingerprint density at radius 2 is 2.38 bits per heavy atom. The largest absolute Gasteiger partial charge is 0.443 e. The van der Waals surface area contributed by atoms with Crippen LogP contribution in [0.5, 0.6) is 0 Å². The Morgan fingerprint density at radius 1 is 1.69 bits per heavy atom. The van der Waals surface area contributed by atoms with E-state index < -0.39 is 18.6 Å². The Bertz CT molecular complexity index is 279. The van der Waals surface area contributed by atoms with Crippen molar-refractivity contribution in [2.75, 3.05) is 6.61 Å². The van der Waals surface area contributed by atoms with Crippen molar-refractivity contribution in [2.24, 2.45) is 0 Å². The Hall–Kier alpha value is -1.46. The highest BCUT2D eigenvalue weighted by atomic mass is 19.3. The fourth-order valence-electron chi connectivity index (χ4n) is 0.630. The van der Waals surface area contributed by atoms with Gasteiger partial charge in [-0.15, -0.1) is 0 Å². The van der Waals surface area contributed by atoms with Crippen LogP contribution in [0.1, 0.15) is 6.92 Å². The van der Waals surface area contributed by atoms with Gasteiger partial charge in [-0.1, -0.05) is 0 Å². The molecule has 0 aliphatic carbocycles. The number of alkyl halides is 2. The minimum Gasteiger partial charge on any atom is -0.443 e. The zero-order valence-corrected chi connectivity index (χ0v) is 6.91. The molecule has 1 heterocycles. The van der Waals surface area contributed by atoms with Gasteiger partial charge in [0.05, 0.1) is 0 Å². The highest BCUT2D eigenvalue weighted by Gasteiger charge is 2.23. The lowest BCUT2D eigenvalue weighted by molar-refractivity contribution is -0.0382. The number of rotatable bonds is 2. The molecule has 4 nitrogen and oxygen atoms in total. The van der Waals surface area contributed by atoms with Crippen LogP contribution in [0.25, 0.3) is 0 Å². The van der Waals surface area contributed by atoms with E-state index >= 15 is 0 Å². The molecule has 72 valence electrons.